The summed E-state index contributed by atoms with van der Waals surface area (Å²) in [5, 5.41) is 0. The Balaban J connectivity index is 2.14. The Hall–Kier alpha value is -0.0800. The fraction of sp³-hybridized carbons (Fsp3) is 1.00. The molecule has 0 amide bonds. The normalized spacial score (nSPS) is 39.8. The van der Waals surface area contributed by atoms with Crippen LogP contribution in [0.5, 0.6) is 0 Å². The van der Waals surface area contributed by atoms with E-state index in [1.54, 1.807) is 0 Å². The van der Waals surface area contributed by atoms with Gasteiger partial charge in [-0.1, -0.05) is 6.92 Å². The van der Waals surface area contributed by atoms with Gasteiger partial charge in [-0.3, -0.25) is 0 Å². The van der Waals surface area contributed by atoms with E-state index in [9.17, 15) is 0 Å². The average molecular weight is 212 g/mol. The standard InChI is InChI=1S/C13H26NO/c1-4-12-10-13(15-3)9-11(2)14(12)7-5-6-8-14/h11-13H,4-10H2,1-3H3/q+1. The van der Waals surface area contributed by atoms with Crippen LogP contribution in [0.4, 0.5) is 0 Å². The second-order valence-electron chi connectivity index (χ2n) is 5.50. The zero-order chi connectivity index (χ0) is 10.9. The maximum atomic E-state index is 5.59. The summed E-state index contributed by atoms with van der Waals surface area (Å²) in [7, 11) is 1.88. The summed E-state index contributed by atoms with van der Waals surface area (Å²) >= 11 is 0. The molecule has 2 fully saturated rings. The van der Waals surface area contributed by atoms with Gasteiger partial charge >= 0.3 is 0 Å². The molecule has 2 aliphatic heterocycles. The van der Waals surface area contributed by atoms with E-state index in [1.807, 2.05) is 7.11 Å². The van der Waals surface area contributed by atoms with Gasteiger partial charge in [0, 0.05) is 32.8 Å². The van der Waals surface area contributed by atoms with Gasteiger partial charge in [-0.05, 0) is 13.3 Å². The number of hydrogen-bond acceptors (Lipinski definition) is 1. The summed E-state index contributed by atoms with van der Waals surface area (Å²) in [5.41, 5.74) is 0. The fourth-order valence-corrected chi connectivity index (χ4v) is 4.01. The van der Waals surface area contributed by atoms with Gasteiger partial charge < -0.3 is 9.22 Å². The van der Waals surface area contributed by atoms with Crippen LogP contribution in [0.3, 0.4) is 0 Å². The number of methoxy groups -OCH3 is 1. The van der Waals surface area contributed by atoms with Crippen LogP contribution in [0.15, 0.2) is 0 Å². The molecule has 88 valence electrons. The smallest absolute Gasteiger partial charge is 0.0914 e. The molecular formula is C13H26NO+. The van der Waals surface area contributed by atoms with Crippen molar-refractivity contribution in [2.75, 3.05) is 20.2 Å². The first-order valence-corrected chi connectivity index (χ1v) is 6.62. The van der Waals surface area contributed by atoms with Crippen molar-refractivity contribution < 1.29 is 9.22 Å². The maximum absolute atomic E-state index is 5.59. The SMILES string of the molecule is CCC1CC(OC)CC(C)[N+]12CCCC2. The van der Waals surface area contributed by atoms with Crippen molar-refractivity contribution >= 4 is 0 Å². The highest BCUT2D eigenvalue weighted by atomic mass is 16.5. The molecule has 2 heterocycles. The Bertz CT molecular complexity index is 211. The molecule has 2 nitrogen and oxygen atoms in total. The maximum Gasteiger partial charge on any atom is 0.0914 e. The van der Waals surface area contributed by atoms with Crippen LogP contribution in [-0.4, -0.2) is 42.9 Å². The Morgan fingerprint density at radius 1 is 1.20 bits per heavy atom. The third-order valence-electron chi connectivity index (χ3n) is 4.95. The van der Waals surface area contributed by atoms with Crippen molar-refractivity contribution in [3.63, 3.8) is 0 Å². The summed E-state index contributed by atoms with van der Waals surface area (Å²) in [6, 6.07) is 1.68. The molecule has 2 heteroatoms. The van der Waals surface area contributed by atoms with E-state index >= 15 is 0 Å². The molecule has 3 atom stereocenters. The predicted molar refractivity (Wildman–Crippen MR) is 62.8 cm³/mol. The number of piperidine rings is 1. The van der Waals surface area contributed by atoms with Crippen LogP contribution in [-0.2, 0) is 4.74 Å². The van der Waals surface area contributed by atoms with Crippen molar-refractivity contribution in [2.45, 2.75) is 64.1 Å². The van der Waals surface area contributed by atoms with Gasteiger partial charge in [0.1, 0.15) is 0 Å². The monoisotopic (exact) mass is 212 g/mol. The van der Waals surface area contributed by atoms with Gasteiger partial charge in [0.25, 0.3) is 0 Å². The van der Waals surface area contributed by atoms with E-state index < -0.39 is 0 Å². The minimum absolute atomic E-state index is 0.522. The van der Waals surface area contributed by atoms with Gasteiger partial charge in [-0.15, -0.1) is 0 Å². The Morgan fingerprint density at radius 3 is 2.40 bits per heavy atom. The molecule has 0 saturated carbocycles. The Kier molecular flexibility index (Phi) is 3.36. The minimum Gasteiger partial charge on any atom is -0.381 e. The van der Waals surface area contributed by atoms with Crippen molar-refractivity contribution in [1.29, 1.82) is 0 Å². The molecule has 2 saturated heterocycles. The van der Waals surface area contributed by atoms with Crippen LogP contribution < -0.4 is 0 Å². The summed E-state index contributed by atoms with van der Waals surface area (Å²) in [4.78, 5) is 0. The predicted octanol–water partition coefficient (Wildman–Crippen LogP) is 2.57. The Labute approximate surface area is 94.2 Å². The first kappa shape index (κ1) is 11.4. The molecule has 0 N–H and O–H groups in total. The molecule has 0 bridgehead atoms. The molecule has 0 aliphatic carbocycles. The van der Waals surface area contributed by atoms with Gasteiger partial charge in [-0.25, -0.2) is 0 Å². The molecule has 0 aromatic carbocycles. The van der Waals surface area contributed by atoms with Crippen molar-refractivity contribution in [2.24, 2.45) is 0 Å². The lowest BCUT2D eigenvalue weighted by molar-refractivity contribution is -0.967. The van der Waals surface area contributed by atoms with Gasteiger partial charge in [0.05, 0.1) is 31.3 Å². The lowest BCUT2D eigenvalue weighted by Gasteiger charge is -2.51. The van der Waals surface area contributed by atoms with Gasteiger partial charge in [0.2, 0.25) is 0 Å². The molecule has 15 heavy (non-hydrogen) atoms. The molecule has 0 radical (unpaired) electrons. The van der Waals surface area contributed by atoms with Gasteiger partial charge in [0.15, 0.2) is 0 Å². The summed E-state index contributed by atoms with van der Waals surface area (Å²) in [6.07, 6.45) is 7.29. The van der Waals surface area contributed by atoms with Crippen LogP contribution in [0.25, 0.3) is 0 Å². The van der Waals surface area contributed by atoms with E-state index in [-0.39, 0.29) is 0 Å². The lowest BCUT2D eigenvalue weighted by atomic mass is 9.89. The minimum atomic E-state index is 0.522. The zero-order valence-electron chi connectivity index (χ0n) is 10.5. The average Bonchev–Trinajstić information content (AvgIpc) is 2.72. The highest BCUT2D eigenvalue weighted by Crippen LogP contribution is 2.38. The molecule has 2 aliphatic rings. The number of rotatable bonds is 2. The first-order chi connectivity index (χ1) is 7.23. The van der Waals surface area contributed by atoms with Crippen molar-refractivity contribution in [3.05, 3.63) is 0 Å². The second kappa shape index (κ2) is 4.42. The van der Waals surface area contributed by atoms with Gasteiger partial charge in [-0.2, -0.15) is 0 Å². The molecule has 1 spiro atoms. The highest BCUT2D eigenvalue weighted by Gasteiger charge is 2.48. The second-order valence-corrected chi connectivity index (χ2v) is 5.50. The van der Waals surface area contributed by atoms with Crippen LogP contribution in [0.2, 0.25) is 0 Å². The van der Waals surface area contributed by atoms with E-state index in [2.05, 4.69) is 13.8 Å². The molecular weight excluding hydrogens is 186 g/mol. The summed E-state index contributed by atoms with van der Waals surface area (Å²) in [5.74, 6) is 0. The first-order valence-electron chi connectivity index (χ1n) is 6.62. The van der Waals surface area contributed by atoms with Crippen LogP contribution >= 0.6 is 0 Å². The number of ether oxygens (including phenoxy) is 1. The zero-order valence-corrected chi connectivity index (χ0v) is 10.5. The molecule has 0 aromatic heterocycles. The van der Waals surface area contributed by atoms with E-state index in [0.29, 0.717) is 6.10 Å². The molecule has 2 rings (SSSR count). The van der Waals surface area contributed by atoms with Crippen molar-refractivity contribution in [3.8, 4) is 0 Å². The number of hydrogen-bond donors (Lipinski definition) is 0. The lowest BCUT2D eigenvalue weighted by Crippen LogP contribution is -2.63. The topological polar surface area (TPSA) is 9.23 Å². The number of nitrogens with zero attached hydrogens (tertiary/aromatic N) is 1. The summed E-state index contributed by atoms with van der Waals surface area (Å²) in [6.45, 7) is 7.65. The Morgan fingerprint density at radius 2 is 1.87 bits per heavy atom. The van der Waals surface area contributed by atoms with E-state index in [4.69, 9.17) is 4.74 Å². The molecule has 0 aromatic rings. The summed E-state index contributed by atoms with van der Waals surface area (Å²) < 4.78 is 7.00. The largest absolute Gasteiger partial charge is 0.381 e. The highest BCUT2D eigenvalue weighted by molar-refractivity contribution is 4.80. The third-order valence-corrected chi connectivity index (χ3v) is 4.95. The van der Waals surface area contributed by atoms with E-state index in [1.165, 1.54) is 49.7 Å². The van der Waals surface area contributed by atoms with Crippen LogP contribution in [0, 0.1) is 0 Å². The molecule has 3 unspecified atom stereocenters. The van der Waals surface area contributed by atoms with Crippen molar-refractivity contribution in [1.82, 2.24) is 0 Å². The van der Waals surface area contributed by atoms with E-state index in [0.717, 1.165) is 12.1 Å². The number of quaternary nitrogens is 1. The van der Waals surface area contributed by atoms with Crippen LogP contribution in [0.1, 0.15) is 46.0 Å². The third kappa shape index (κ3) is 1.83. The quantitative estimate of drug-likeness (QED) is 0.639. The fourth-order valence-electron chi connectivity index (χ4n) is 4.01.